The van der Waals surface area contributed by atoms with Crippen LogP contribution in [0.15, 0.2) is 48.0 Å². The Labute approximate surface area is 180 Å². The molecule has 162 valence electrons. The zero-order valence-electron chi connectivity index (χ0n) is 17.6. The summed E-state index contributed by atoms with van der Waals surface area (Å²) in [5.74, 6) is -0.531. The van der Waals surface area contributed by atoms with Gasteiger partial charge in [-0.2, -0.15) is 0 Å². The van der Waals surface area contributed by atoms with Crippen molar-refractivity contribution in [2.75, 3.05) is 33.5 Å². The predicted octanol–water partition coefficient (Wildman–Crippen LogP) is 3.09. The van der Waals surface area contributed by atoms with Crippen LogP contribution in [-0.2, 0) is 20.7 Å². The Morgan fingerprint density at radius 2 is 1.81 bits per heavy atom. The van der Waals surface area contributed by atoms with Crippen molar-refractivity contribution in [2.24, 2.45) is 0 Å². The second kappa shape index (κ2) is 8.81. The maximum atomic E-state index is 13.0. The summed E-state index contributed by atoms with van der Waals surface area (Å²) in [5, 5.41) is 11.1. The number of likely N-dealkylation sites (tertiary alicyclic amines) is 1. The number of Topliss-reactive ketones (excluding diaryl/α,β-unsaturated/α-hetero) is 1. The fourth-order valence-corrected chi connectivity index (χ4v) is 3.93. The number of carbonyl (C=O) groups excluding carboxylic acids is 2. The number of carbonyl (C=O) groups is 2. The minimum absolute atomic E-state index is 0.0574. The Hall–Kier alpha value is -3.32. The van der Waals surface area contributed by atoms with Crippen molar-refractivity contribution >= 4 is 17.4 Å². The molecular formula is C24H25NO6. The normalized spacial score (nSPS) is 19.7. The average Bonchev–Trinajstić information content (AvgIpc) is 3.06. The van der Waals surface area contributed by atoms with Gasteiger partial charge in [0.05, 0.1) is 18.2 Å². The molecule has 1 amide bonds. The number of methoxy groups -OCH3 is 1. The van der Waals surface area contributed by atoms with Crippen LogP contribution < -0.4 is 9.47 Å². The Morgan fingerprint density at radius 3 is 2.48 bits per heavy atom. The molecule has 2 heterocycles. The first-order valence-corrected chi connectivity index (χ1v) is 10.3. The number of ether oxygens (including phenoxy) is 3. The van der Waals surface area contributed by atoms with Gasteiger partial charge in [0.2, 0.25) is 0 Å². The van der Waals surface area contributed by atoms with E-state index in [1.807, 2.05) is 24.3 Å². The number of benzene rings is 2. The van der Waals surface area contributed by atoms with Crippen LogP contribution in [0.2, 0.25) is 0 Å². The first-order chi connectivity index (χ1) is 15.0. The van der Waals surface area contributed by atoms with E-state index in [0.29, 0.717) is 30.3 Å². The van der Waals surface area contributed by atoms with Gasteiger partial charge < -0.3 is 24.2 Å². The molecule has 2 aliphatic heterocycles. The number of nitrogens with zero attached hydrogens (tertiary/aromatic N) is 1. The van der Waals surface area contributed by atoms with Crippen LogP contribution in [0.3, 0.4) is 0 Å². The molecule has 1 N–H and O–H groups in total. The second-order valence-electron chi connectivity index (χ2n) is 7.44. The molecule has 0 spiro atoms. The van der Waals surface area contributed by atoms with Crippen molar-refractivity contribution in [1.82, 2.24) is 4.90 Å². The number of hydrogen-bond acceptors (Lipinski definition) is 6. The van der Waals surface area contributed by atoms with Gasteiger partial charge in [0.25, 0.3) is 11.7 Å². The van der Waals surface area contributed by atoms with Gasteiger partial charge >= 0.3 is 0 Å². The van der Waals surface area contributed by atoms with Gasteiger partial charge in [-0.1, -0.05) is 31.2 Å². The van der Waals surface area contributed by atoms with Gasteiger partial charge in [-0.15, -0.1) is 0 Å². The van der Waals surface area contributed by atoms with Crippen LogP contribution in [0, 0.1) is 0 Å². The second-order valence-corrected chi connectivity index (χ2v) is 7.44. The van der Waals surface area contributed by atoms with Gasteiger partial charge in [0.15, 0.2) is 11.5 Å². The quantitative estimate of drug-likeness (QED) is 0.437. The zero-order chi connectivity index (χ0) is 22.0. The Morgan fingerprint density at radius 1 is 1.10 bits per heavy atom. The molecule has 2 aromatic rings. The number of aliphatic hydroxyl groups excluding tert-OH is 1. The summed E-state index contributed by atoms with van der Waals surface area (Å²) in [5.41, 5.74) is 2.35. The fraction of sp³-hybridized carbons (Fsp3) is 0.333. The molecule has 0 aliphatic carbocycles. The molecule has 0 bridgehead atoms. The standard InChI is InChI=1S/C24H25NO6/c1-3-15-4-6-16(7-5-15)21-20(23(27)24(28)25(21)10-11-29-2)22(26)17-8-9-18-19(14-17)31-13-12-30-18/h4-9,14,21,26H,3,10-13H2,1-2H3/b22-20+. The van der Waals surface area contributed by atoms with E-state index in [0.717, 1.165) is 17.5 Å². The molecule has 1 unspecified atom stereocenters. The lowest BCUT2D eigenvalue weighted by Gasteiger charge is -2.25. The van der Waals surface area contributed by atoms with Crippen molar-refractivity contribution < 1.29 is 28.9 Å². The third kappa shape index (κ3) is 3.88. The summed E-state index contributed by atoms with van der Waals surface area (Å²) in [6.45, 7) is 3.43. The molecule has 7 nitrogen and oxygen atoms in total. The monoisotopic (exact) mass is 423 g/mol. The average molecular weight is 423 g/mol. The topological polar surface area (TPSA) is 85.3 Å². The van der Waals surface area contributed by atoms with Crippen molar-refractivity contribution in [3.8, 4) is 11.5 Å². The van der Waals surface area contributed by atoms with Crippen molar-refractivity contribution in [3.63, 3.8) is 0 Å². The first kappa shape index (κ1) is 20.9. The van der Waals surface area contributed by atoms with Crippen molar-refractivity contribution in [3.05, 3.63) is 64.7 Å². The zero-order valence-corrected chi connectivity index (χ0v) is 17.6. The highest BCUT2D eigenvalue weighted by molar-refractivity contribution is 6.46. The molecular weight excluding hydrogens is 398 g/mol. The maximum Gasteiger partial charge on any atom is 0.295 e. The van der Waals surface area contributed by atoms with Crippen LogP contribution in [0.25, 0.3) is 5.76 Å². The molecule has 0 aromatic heterocycles. The molecule has 31 heavy (non-hydrogen) atoms. The molecule has 2 aromatic carbocycles. The highest BCUT2D eigenvalue weighted by atomic mass is 16.6. The minimum atomic E-state index is -0.715. The summed E-state index contributed by atoms with van der Waals surface area (Å²) in [4.78, 5) is 27.3. The highest BCUT2D eigenvalue weighted by Crippen LogP contribution is 2.41. The Bertz CT molecular complexity index is 1030. The number of amides is 1. The van der Waals surface area contributed by atoms with E-state index in [9.17, 15) is 14.7 Å². The van der Waals surface area contributed by atoms with E-state index in [1.165, 1.54) is 12.0 Å². The number of hydrogen-bond donors (Lipinski definition) is 1. The Balaban J connectivity index is 1.81. The lowest BCUT2D eigenvalue weighted by Crippen LogP contribution is -2.32. The summed E-state index contributed by atoms with van der Waals surface area (Å²) < 4.78 is 16.3. The van der Waals surface area contributed by atoms with Crippen molar-refractivity contribution in [2.45, 2.75) is 19.4 Å². The van der Waals surface area contributed by atoms with Crippen LogP contribution >= 0.6 is 0 Å². The van der Waals surface area contributed by atoms with Gasteiger partial charge in [-0.3, -0.25) is 9.59 Å². The van der Waals surface area contributed by atoms with Gasteiger partial charge in [-0.05, 0) is 35.7 Å². The molecule has 1 fully saturated rings. The summed E-state index contributed by atoms with van der Waals surface area (Å²) in [7, 11) is 1.54. The SMILES string of the molecule is CCc1ccc(C2/C(=C(\O)c3ccc4c(c3)OCCO4)C(=O)C(=O)N2CCOC)cc1. The molecule has 2 aliphatic rings. The van der Waals surface area contributed by atoms with Gasteiger partial charge in [0.1, 0.15) is 19.0 Å². The third-order valence-electron chi connectivity index (χ3n) is 5.60. The summed E-state index contributed by atoms with van der Waals surface area (Å²) >= 11 is 0. The van der Waals surface area contributed by atoms with E-state index >= 15 is 0 Å². The number of aryl methyl sites for hydroxylation is 1. The van der Waals surface area contributed by atoms with Gasteiger partial charge in [-0.25, -0.2) is 0 Å². The van der Waals surface area contributed by atoms with E-state index in [4.69, 9.17) is 14.2 Å². The van der Waals surface area contributed by atoms with Crippen LogP contribution in [0.5, 0.6) is 11.5 Å². The third-order valence-corrected chi connectivity index (χ3v) is 5.60. The summed E-state index contributed by atoms with van der Waals surface area (Å²) in [6, 6.07) is 12.0. The van der Waals surface area contributed by atoms with Crippen LogP contribution in [-0.4, -0.2) is 55.2 Å². The molecule has 4 rings (SSSR count). The smallest absolute Gasteiger partial charge is 0.295 e. The van der Waals surface area contributed by atoms with E-state index in [-0.39, 0.29) is 24.5 Å². The molecule has 7 heteroatoms. The predicted molar refractivity (Wildman–Crippen MR) is 114 cm³/mol. The number of rotatable bonds is 6. The molecule has 0 radical (unpaired) electrons. The van der Waals surface area contributed by atoms with Gasteiger partial charge in [0, 0.05) is 19.2 Å². The van der Waals surface area contributed by atoms with Crippen molar-refractivity contribution in [1.29, 1.82) is 0 Å². The lowest BCUT2D eigenvalue weighted by atomic mass is 9.94. The molecule has 0 saturated carbocycles. The van der Waals surface area contributed by atoms with E-state index < -0.39 is 17.7 Å². The molecule has 1 atom stereocenters. The minimum Gasteiger partial charge on any atom is -0.507 e. The Kier molecular flexibility index (Phi) is 5.95. The van der Waals surface area contributed by atoms with Crippen LogP contribution in [0.4, 0.5) is 0 Å². The number of fused-ring (bicyclic) bond motifs is 1. The number of aliphatic hydroxyl groups is 1. The first-order valence-electron chi connectivity index (χ1n) is 10.3. The lowest BCUT2D eigenvalue weighted by molar-refractivity contribution is -0.140. The number of ketones is 1. The van der Waals surface area contributed by atoms with E-state index in [2.05, 4.69) is 6.92 Å². The largest absolute Gasteiger partial charge is 0.507 e. The van der Waals surface area contributed by atoms with Crippen LogP contribution in [0.1, 0.15) is 29.7 Å². The van der Waals surface area contributed by atoms with E-state index in [1.54, 1.807) is 18.2 Å². The molecule has 1 saturated heterocycles. The maximum absolute atomic E-state index is 13.0. The highest BCUT2D eigenvalue weighted by Gasteiger charge is 2.45. The fourth-order valence-electron chi connectivity index (χ4n) is 3.93. The summed E-state index contributed by atoms with van der Waals surface area (Å²) in [6.07, 6.45) is 0.876.